The molecule has 1 aromatic carbocycles. The molecule has 5 nitrogen and oxygen atoms in total. The Labute approximate surface area is 149 Å². The van der Waals surface area contributed by atoms with Crippen molar-refractivity contribution in [3.05, 3.63) is 69.5 Å². The summed E-state index contributed by atoms with van der Waals surface area (Å²) in [6.07, 6.45) is 1.80. The van der Waals surface area contributed by atoms with E-state index in [1.54, 1.807) is 21.7 Å². The maximum Gasteiger partial charge on any atom is 0.264 e. The van der Waals surface area contributed by atoms with Crippen LogP contribution < -0.4 is 5.56 Å². The van der Waals surface area contributed by atoms with Gasteiger partial charge in [0.2, 0.25) is 0 Å². The third-order valence-corrected chi connectivity index (χ3v) is 5.45. The van der Waals surface area contributed by atoms with Gasteiger partial charge in [0.25, 0.3) is 11.5 Å². The number of fused-ring (bicyclic) bond motifs is 1. The summed E-state index contributed by atoms with van der Waals surface area (Å²) in [7, 11) is 0. The van der Waals surface area contributed by atoms with E-state index in [4.69, 9.17) is 4.74 Å². The molecule has 6 heteroatoms. The largest absolute Gasteiger partial charge is 0.378 e. The van der Waals surface area contributed by atoms with Crippen LogP contribution in [0.4, 0.5) is 0 Å². The van der Waals surface area contributed by atoms with Gasteiger partial charge < -0.3 is 14.2 Å². The minimum atomic E-state index is -0.0568. The molecule has 2 aromatic heterocycles. The highest BCUT2D eigenvalue weighted by molar-refractivity contribution is 7.20. The zero-order valence-electron chi connectivity index (χ0n) is 13.7. The molecule has 0 saturated carbocycles. The molecule has 1 aliphatic heterocycles. The van der Waals surface area contributed by atoms with Crippen molar-refractivity contribution in [1.29, 1.82) is 0 Å². The van der Waals surface area contributed by atoms with E-state index in [0.717, 1.165) is 10.3 Å². The SMILES string of the molecule is O=C(c1cc2c(=O)n(Cc3ccccc3)ccc2s1)N1CCOCC1. The number of hydrogen-bond donors (Lipinski definition) is 0. The van der Waals surface area contributed by atoms with Crippen molar-refractivity contribution in [1.82, 2.24) is 9.47 Å². The van der Waals surface area contributed by atoms with E-state index in [0.29, 0.717) is 43.1 Å². The van der Waals surface area contributed by atoms with Crippen LogP contribution in [0.2, 0.25) is 0 Å². The molecule has 0 radical (unpaired) electrons. The third kappa shape index (κ3) is 3.23. The molecule has 4 rings (SSSR count). The number of rotatable bonds is 3. The van der Waals surface area contributed by atoms with Gasteiger partial charge in [-0.3, -0.25) is 9.59 Å². The Hall–Kier alpha value is -2.44. The number of ether oxygens (including phenoxy) is 1. The fraction of sp³-hybridized carbons (Fsp3) is 0.263. The Morgan fingerprint density at radius 1 is 1.12 bits per heavy atom. The zero-order chi connectivity index (χ0) is 17.2. The molecule has 3 aromatic rings. The summed E-state index contributed by atoms with van der Waals surface area (Å²) in [5, 5.41) is 0.611. The highest BCUT2D eigenvalue weighted by Crippen LogP contribution is 2.24. The molecule has 128 valence electrons. The van der Waals surface area contributed by atoms with Crippen LogP contribution in [0.5, 0.6) is 0 Å². The van der Waals surface area contributed by atoms with Gasteiger partial charge in [-0.05, 0) is 17.7 Å². The number of pyridine rings is 1. The van der Waals surface area contributed by atoms with Gasteiger partial charge >= 0.3 is 0 Å². The molecule has 1 aliphatic rings. The lowest BCUT2D eigenvalue weighted by molar-refractivity contribution is 0.0306. The second-order valence-corrected chi connectivity index (χ2v) is 7.11. The zero-order valence-corrected chi connectivity index (χ0v) is 14.5. The van der Waals surface area contributed by atoms with Crippen LogP contribution in [0, 0.1) is 0 Å². The summed E-state index contributed by atoms with van der Waals surface area (Å²) in [6, 6.07) is 13.5. The highest BCUT2D eigenvalue weighted by atomic mass is 32.1. The molecular formula is C19H18N2O3S. The van der Waals surface area contributed by atoms with Crippen LogP contribution in [-0.2, 0) is 11.3 Å². The van der Waals surface area contributed by atoms with Gasteiger partial charge in [-0.15, -0.1) is 11.3 Å². The van der Waals surface area contributed by atoms with Crippen molar-refractivity contribution >= 4 is 27.3 Å². The first-order valence-electron chi connectivity index (χ1n) is 8.26. The lowest BCUT2D eigenvalue weighted by Crippen LogP contribution is -2.40. The molecule has 1 fully saturated rings. The molecule has 0 unspecified atom stereocenters. The van der Waals surface area contributed by atoms with Crippen LogP contribution in [-0.4, -0.2) is 41.7 Å². The molecular weight excluding hydrogens is 336 g/mol. The van der Waals surface area contributed by atoms with Crippen molar-refractivity contribution in [2.45, 2.75) is 6.54 Å². The lowest BCUT2D eigenvalue weighted by Gasteiger charge is -2.26. The Kier molecular flexibility index (Phi) is 4.38. The maximum atomic E-state index is 12.8. The van der Waals surface area contributed by atoms with Crippen LogP contribution in [0.15, 0.2) is 53.5 Å². The number of amides is 1. The van der Waals surface area contributed by atoms with E-state index in [9.17, 15) is 9.59 Å². The van der Waals surface area contributed by atoms with Crippen LogP contribution >= 0.6 is 11.3 Å². The monoisotopic (exact) mass is 354 g/mol. The number of nitrogens with zero attached hydrogens (tertiary/aromatic N) is 2. The molecule has 0 aliphatic carbocycles. The molecule has 0 spiro atoms. The van der Waals surface area contributed by atoms with Crippen LogP contribution in [0.25, 0.3) is 10.1 Å². The first kappa shape index (κ1) is 16.1. The average Bonchev–Trinajstić information content (AvgIpc) is 3.10. The molecule has 25 heavy (non-hydrogen) atoms. The van der Waals surface area contributed by atoms with E-state index in [-0.39, 0.29) is 11.5 Å². The van der Waals surface area contributed by atoms with Crippen molar-refractivity contribution in [3.8, 4) is 0 Å². The summed E-state index contributed by atoms with van der Waals surface area (Å²) in [5.74, 6) is -0.0153. The third-order valence-electron chi connectivity index (χ3n) is 4.36. The summed E-state index contributed by atoms with van der Waals surface area (Å²) < 4.78 is 7.83. The van der Waals surface area contributed by atoms with Crippen molar-refractivity contribution in [2.24, 2.45) is 0 Å². The topological polar surface area (TPSA) is 51.5 Å². The predicted molar refractivity (Wildman–Crippen MR) is 98.4 cm³/mol. The number of morpholine rings is 1. The quantitative estimate of drug-likeness (QED) is 0.726. The van der Waals surface area contributed by atoms with Gasteiger partial charge in [0.1, 0.15) is 0 Å². The Balaban J connectivity index is 1.65. The van der Waals surface area contributed by atoms with Gasteiger partial charge in [-0.2, -0.15) is 0 Å². The maximum absolute atomic E-state index is 12.8. The summed E-state index contributed by atoms with van der Waals surface area (Å²) >= 11 is 1.38. The average molecular weight is 354 g/mol. The van der Waals surface area contributed by atoms with Gasteiger partial charge in [0, 0.05) is 24.0 Å². The Morgan fingerprint density at radius 3 is 2.64 bits per heavy atom. The van der Waals surface area contributed by atoms with Crippen molar-refractivity contribution in [3.63, 3.8) is 0 Å². The summed E-state index contributed by atoms with van der Waals surface area (Å²) in [4.78, 5) is 27.8. The first-order valence-corrected chi connectivity index (χ1v) is 9.08. The van der Waals surface area contributed by atoms with E-state index in [1.807, 2.05) is 36.4 Å². The van der Waals surface area contributed by atoms with Crippen LogP contribution in [0.3, 0.4) is 0 Å². The van der Waals surface area contributed by atoms with Gasteiger partial charge in [-0.25, -0.2) is 0 Å². The molecule has 0 N–H and O–H groups in total. The van der Waals surface area contributed by atoms with Gasteiger partial charge in [0.15, 0.2) is 0 Å². The fourth-order valence-electron chi connectivity index (χ4n) is 3.01. The molecule has 1 amide bonds. The fourth-order valence-corrected chi connectivity index (χ4v) is 4.02. The Morgan fingerprint density at radius 2 is 1.88 bits per heavy atom. The van der Waals surface area contributed by atoms with Gasteiger partial charge in [0.05, 0.1) is 30.0 Å². The second-order valence-electron chi connectivity index (χ2n) is 6.03. The number of benzene rings is 1. The smallest absolute Gasteiger partial charge is 0.264 e. The number of thiophene rings is 1. The van der Waals surface area contributed by atoms with E-state index in [2.05, 4.69) is 0 Å². The molecule has 0 atom stereocenters. The predicted octanol–water partition coefficient (Wildman–Crippen LogP) is 2.58. The Bertz CT molecular complexity index is 956. The molecule has 1 saturated heterocycles. The molecule has 3 heterocycles. The minimum Gasteiger partial charge on any atom is -0.378 e. The molecule has 0 bridgehead atoms. The number of hydrogen-bond acceptors (Lipinski definition) is 4. The lowest BCUT2D eigenvalue weighted by atomic mass is 10.2. The summed E-state index contributed by atoms with van der Waals surface area (Å²) in [6.45, 7) is 2.87. The van der Waals surface area contributed by atoms with Crippen LogP contribution in [0.1, 0.15) is 15.2 Å². The van der Waals surface area contributed by atoms with Crippen molar-refractivity contribution < 1.29 is 9.53 Å². The summed E-state index contributed by atoms with van der Waals surface area (Å²) in [5.41, 5.74) is 1.02. The minimum absolute atomic E-state index is 0.0153. The first-order chi connectivity index (χ1) is 12.2. The number of aromatic nitrogens is 1. The second kappa shape index (κ2) is 6.82. The van der Waals surface area contributed by atoms with E-state index < -0.39 is 0 Å². The van der Waals surface area contributed by atoms with Crippen molar-refractivity contribution in [2.75, 3.05) is 26.3 Å². The number of carbonyl (C=O) groups excluding carboxylic acids is 1. The normalized spacial score (nSPS) is 14.8. The number of carbonyl (C=O) groups is 1. The van der Waals surface area contributed by atoms with E-state index >= 15 is 0 Å². The van der Waals surface area contributed by atoms with Gasteiger partial charge in [-0.1, -0.05) is 30.3 Å². The van der Waals surface area contributed by atoms with E-state index in [1.165, 1.54) is 11.3 Å². The highest BCUT2D eigenvalue weighted by Gasteiger charge is 2.21. The standard InChI is InChI=1S/C19H18N2O3S/c22-18-15-12-17(19(23)20-8-10-24-11-9-20)25-16(15)6-7-21(18)13-14-4-2-1-3-5-14/h1-7,12H,8-11,13H2.